The summed E-state index contributed by atoms with van der Waals surface area (Å²) in [7, 11) is 1.61. The highest BCUT2D eigenvalue weighted by Gasteiger charge is 2.31. The normalized spacial score (nSPS) is 14.5. The number of benzene rings is 3. The SMILES string of the molecule is CN1C(=O)CN(Cc2ccccc2)C(=O)c2cc(-c3ccc(C(F)(F)F)cc3)ccc21. The minimum absolute atomic E-state index is 0.0610. The molecule has 7 heteroatoms. The zero-order chi connectivity index (χ0) is 22.2. The van der Waals surface area contributed by atoms with Crippen molar-refractivity contribution < 1.29 is 22.8 Å². The number of hydrogen-bond donors (Lipinski definition) is 0. The predicted molar refractivity (Wildman–Crippen MR) is 111 cm³/mol. The van der Waals surface area contributed by atoms with Crippen LogP contribution in [-0.2, 0) is 17.5 Å². The van der Waals surface area contributed by atoms with Gasteiger partial charge in [0.2, 0.25) is 5.91 Å². The van der Waals surface area contributed by atoms with Crippen LogP contribution in [0.3, 0.4) is 0 Å². The maximum absolute atomic E-state index is 13.3. The Bertz CT molecular complexity index is 1130. The van der Waals surface area contributed by atoms with Crippen LogP contribution in [-0.4, -0.2) is 30.3 Å². The number of hydrogen-bond acceptors (Lipinski definition) is 2. The molecule has 3 aromatic rings. The Balaban J connectivity index is 1.71. The Labute approximate surface area is 177 Å². The van der Waals surface area contributed by atoms with Crippen LogP contribution in [0.2, 0.25) is 0 Å². The van der Waals surface area contributed by atoms with Crippen LogP contribution in [0.15, 0.2) is 72.8 Å². The highest BCUT2D eigenvalue weighted by molar-refractivity contribution is 6.10. The number of anilines is 1. The van der Waals surface area contributed by atoms with Crippen molar-refractivity contribution in [2.75, 3.05) is 18.5 Å². The number of nitrogens with zero attached hydrogens (tertiary/aromatic N) is 2. The zero-order valence-corrected chi connectivity index (χ0v) is 16.7. The molecular formula is C24H19F3N2O2. The first-order chi connectivity index (χ1) is 14.7. The lowest BCUT2D eigenvalue weighted by molar-refractivity contribution is -0.137. The number of alkyl halides is 3. The summed E-state index contributed by atoms with van der Waals surface area (Å²) in [6.07, 6.45) is -4.41. The Kier molecular flexibility index (Phi) is 5.27. The first-order valence-electron chi connectivity index (χ1n) is 9.65. The lowest BCUT2D eigenvalue weighted by atomic mass is 9.99. The van der Waals surface area contributed by atoms with Gasteiger partial charge in [0.25, 0.3) is 5.91 Å². The first-order valence-corrected chi connectivity index (χ1v) is 9.65. The van der Waals surface area contributed by atoms with Gasteiger partial charge in [-0.15, -0.1) is 0 Å². The van der Waals surface area contributed by atoms with Gasteiger partial charge in [-0.1, -0.05) is 48.5 Å². The molecule has 0 bridgehead atoms. The zero-order valence-electron chi connectivity index (χ0n) is 16.7. The van der Waals surface area contributed by atoms with Gasteiger partial charge >= 0.3 is 6.18 Å². The molecule has 0 aromatic heterocycles. The average Bonchev–Trinajstić information content (AvgIpc) is 2.85. The quantitative estimate of drug-likeness (QED) is 0.594. The van der Waals surface area contributed by atoms with E-state index in [4.69, 9.17) is 0 Å². The highest BCUT2D eigenvalue weighted by Crippen LogP contribution is 2.33. The number of carbonyl (C=O) groups excluding carboxylic acids is 2. The molecule has 4 nitrogen and oxygen atoms in total. The summed E-state index contributed by atoms with van der Waals surface area (Å²) in [5, 5.41) is 0. The van der Waals surface area contributed by atoms with Crippen molar-refractivity contribution in [2.45, 2.75) is 12.7 Å². The summed E-state index contributed by atoms with van der Waals surface area (Å²) in [4.78, 5) is 28.9. The summed E-state index contributed by atoms with van der Waals surface area (Å²) < 4.78 is 38.6. The molecule has 1 aliphatic heterocycles. The van der Waals surface area contributed by atoms with Crippen molar-refractivity contribution in [3.05, 3.63) is 89.5 Å². The van der Waals surface area contributed by atoms with Gasteiger partial charge in [-0.25, -0.2) is 0 Å². The van der Waals surface area contributed by atoms with Crippen LogP contribution in [0.4, 0.5) is 18.9 Å². The van der Waals surface area contributed by atoms with Gasteiger partial charge in [-0.2, -0.15) is 13.2 Å². The van der Waals surface area contributed by atoms with Gasteiger partial charge in [0.1, 0.15) is 6.54 Å². The van der Waals surface area contributed by atoms with Gasteiger partial charge in [0.05, 0.1) is 16.8 Å². The van der Waals surface area contributed by atoms with Crippen molar-refractivity contribution in [3.63, 3.8) is 0 Å². The van der Waals surface area contributed by atoms with E-state index >= 15 is 0 Å². The summed E-state index contributed by atoms with van der Waals surface area (Å²) >= 11 is 0. The molecule has 0 fully saturated rings. The molecule has 3 aromatic carbocycles. The smallest absolute Gasteiger partial charge is 0.325 e. The maximum Gasteiger partial charge on any atom is 0.416 e. The van der Waals surface area contributed by atoms with Gasteiger partial charge in [-0.05, 0) is 41.0 Å². The molecule has 1 heterocycles. The molecule has 0 aliphatic carbocycles. The van der Waals surface area contributed by atoms with E-state index in [2.05, 4.69) is 0 Å². The second kappa shape index (κ2) is 7.91. The van der Waals surface area contributed by atoms with Crippen LogP contribution in [0.25, 0.3) is 11.1 Å². The van der Waals surface area contributed by atoms with E-state index in [9.17, 15) is 22.8 Å². The fourth-order valence-corrected chi connectivity index (χ4v) is 3.61. The van der Waals surface area contributed by atoms with Crippen molar-refractivity contribution in [1.82, 2.24) is 4.90 Å². The molecular weight excluding hydrogens is 405 g/mol. The third-order valence-electron chi connectivity index (χ3n) is 5.34. The molecule has 158 valence electrons. The van der Waals surface area contributed by atoms with E-state index in [1.54, 1.807) is 25.2 Å². The molecule has 2 amide bonds. The van der Waals surface area contributed by atoms with E-state index in [-0.39, 0.29) is 24.9 Å². The van der Waals surface area contributed by atoms with Crippen molar-refractivity contribution in [1.29, 1.82) is 0 Å². The second-order valence-electron chi connectivity index (χ2n) is 7.41. The Morgan fingerprint density at radius 2 is 1.52 bits per heavy atom. The number of halogens is 3. The number of likely N-dealkylation sites (N-methyl/N-ethyl adjacent to an activating group) is 1. The first kappa shape index (κ1) is 20.7. The number of carbonyl (C=O) groups is 2. The van der Waals surface area contributed by atoms with Crippen LogP contribution >= 0.6 is 0 Å². The maximum atomic E-state index is 13.3. The minimum atomic E-state index is -4.41. The molecule has 0 saturated heterocycles. The molecule has 0 atom stereocenters. The van der Waals surface area contributed by atoms with Crippen molar-refractivity contribution in [3.8, 4) is 11.1 Å². The second-order valence-corrected chi connectivity index (χ2v) is 7.41. The lowest BCUT2D eigenvalue weighted by Crippen LogP contribution is -2.37. The van der Waals surface area contributed by atoms with Gasteiger partial charge in [0.15, 0.2) is 0 Å². The summed E-state index contributed by atoms with van der Waals surface area (Å²) in [5.74, 6) is -0.518. The van der Waals surface area contributed by atoms with Crippen LogP contribution < -0.4 is 4.90 Å². The molecule has 0 unspecified atom stereocenters. The molecule has 0 saturated carbocycles. The number of rotatable bonds is 3. The largest absolute Gasteiger partial charge is 0.416 e. The van der Waals surface area contributed by atoms with Crippen molar-refractivity contribution in [2.24, 2.45) is 0 Å². The molecule has 4 rings (SSSR count). The predicted octanol–water partition coefficient (Wildman–Crippen LogP) is 4.99. The summed E-state index contributed by atoms with van der Waals surface area (Å²) in [6, 6.07) is 19.1. The Morgan fingerprint density at radius 3 is 2.16 bits per heavy atom. The minimum Gasteiger partial charge on any atom is -0.325 e. The lowest BCUT2D eigenvalue weighted by Gasteiger charge is -2.20. The van der Waals surface area contributed by atoms with Gasteiger partial charge in [-0.3, -0.25) is 9.59 Å². The number of amides is 2. The van der Waals surface area contributed by atoms with E-state index in [0.29, 0.717) is 22.4 Å². The fourth-order valence-electron chi connectivity index (χ4n) is 3.61. The monoisotopic (exact) mass is 424 g/mol. The third kappa shape index (κ3) is 4.17. The standard InChI is InChI=1S/C24H19F3N2O2/c1-28-21-12-9-18(17-7-10-19(11-8-17)24(25,26)27)13-20(21)23(31)29(15-22(28)30)14-16-5-3-2-4-6-16/h2-13H,14-15H2,1H3. The van der Waals surface area contributed by atoms with E-state index in [1.165, 1.54) is 21.9 Å². The van der Waals surface area contributed by atoms with Crippen LogP contribution in [0.1, 0.15) is 21.5 Å². The molecule has 1 aliphatic rings. The van der Waals surface area contributed by atoms with Gasteiger partial charge in [0, 0.05) is 13.6 Å². The molecule has 0 spiro atoms. The molecule has 0 radical (unpaired) electrons. The molecule has 0 N–H and O–H groups in total. The van der Waals surface area contributed by atoms with Crippen LogP contribution in [0.5, 0.6) is 0 Å². The van der Waals surface area contributed by atoms with E-state index < -0.39 is 11.7 Å². The number of fused-ring (bicyclic) bond motifs is 1. The third-order valence-corrected chi connectivity index (χ3v) is 5.34. The summed E-state index contributed by atoms with van der Waals surface area (Å²) in [6.45, 7) is 0.220. The van der Waals surface area contributed by atoms with E-state index in [1.807, 2.05) is 30.3 Å². The van der Waals surface area contributed by atoms with Gasteiger partial charge < -0.3 is 9.80 Å². The summed E-state index contributed by atoms with van der Waals surface area (Å²) in [5.41, 5.74) is 2.12. The highest BCUT2D eigenvalue weighted by atomic mass is 19.4. The van der Waals surface area contributed by atoms with Crippen LogP contribution in [0, 0.1) is 0 Å². The van der Waals surface area contributed by atoms with E-state index in [0.717, 1.165) is 17.7 Å². The van der Waals surface area contributed by atoms with Crippen molar-refractivity contribution >= 4 is 17.5 Å². The Morgan fingerprint density at radius 1 is 0.871 bits per heavy atom. The molecule has 31 heavy (non-hydrogen) atoms. The average molecular weight is 424 g/mol. The Hall–Kier alpha value is -3.61. The fraction of sp³-hybridized carbons (Fsp3) is 0.167. The topological polar surface area (TPSA) is 40.6 Å².